The summed E-state index contributed by atoms with van der Waals surface area (Å²) < 4.78 is 6.15. The monoisotopic (exact) mass is 197 g/mol. The van der Waals surface area contributed by atoms with Crippen LogP contribution in [0.25, 0.3) is 0 Å². The van der Waals surface area contributed by atoms with Crippen LogP contribution in [0.3, 0.4) is 0 Å². The number of nitrogens with one attached hydrogen (secondary N) is 1. The lowest BCUT2D eigenvalue weighted by Gasteiger charge is -2.47. The summed E-state index contributed by atoms with van der Waals surface area (Å²) in [6.45, 7) is 6.46. The van der Waals surface area contributed by atoms with Gasteiger partial charge in [-0.05, 0) is 26.2 Å². The molecule has 0 aromatic heterocycles. The van der Waals surface area contributed by atoms with E-state index in [1.165, 1.54) is 32.1 Å². The van der Waals surface area contributed by atoms with Gasteiger partial charge in [0.1, 0.15) is 0 Å². The molecule has 82 valence electrons. The summed E-state index contributed by atoms with van der Waals surface area (Å²) in [6.07, 6.45) is 7.79. The Bertz CT molecular complexity index is 186. The Morgan fingerprint density at radius 1 is 1.21 bits per heavy atom. The van der Waals surface area contributed by atoms with Gasteiger partial charge >= 0.3 is 0 Å². The van der Waals surface area contributed by atoms with Gasteiger partial charge in [-0.1, -0.05) is 26.2 Å². The van der Waals surface area contributed by atoms with Crippen LogP contribution in [0.5, 0.6) is 0 Å². The van der Waals surface area contributed by atoms with Gasteiger partial charge in [-0.2, -0.15) is 0 Å². The Balaban J connectivity index is 1.93. The van der Waals surface area contributed by atoms with Crippen LogP contribution in [0.15, 0.2) is 0 Å². The van der Waals surface area contributed by atoms with Crippen LogP contribution in [-0.4, -0.2) is 24.3 Å². The van der Waals surface area contributed by atoms with Crippen LogP contribution in [-0.2, 0) is 4.74 Å². The fraction of sp³-hybridized carbons (Fsp3) is 1.00. The first-order chi connectivity index (χ1) is 6.68. The molecular weight excluding hydrogens is 174 g/mol. The summed E-state index contributed by atoms with van der Waals surface area (Å²) in [5.74, 6) is 0. The molecule has 1 heterocycles. The van der Waals surface area contributed by atoms with Crippen molar-refractivity contribution in [2.75, 3.05) is 13.2 Å². The average molecular weight is 197 g/mol. The van der Waals surface area contributed by atoms with Gasteiger partial charge in [-0.3, -0.25) is 0 Å². The number of rotatable bonds is 1. The number of morpholine rings is 1. The van der Waals surface area contributed by atoms with E-state index < -0.39 is 0 Å². The summed E-state index contributed by atoms with van der Waals surface area (Å²) in [4.78, 5) is 0. The predicted octanol–water partition coefficient (Wildman–Crippen LogP) is 2.48. The van der Waals surface area contributed by atoms with Gasteiger partial charge < -0.3 is 10.1 Å². The Kier molecular flexibility index (Phi) is 2.85. The van der Waals surface area contributed by atoms with E-state index in [-0.39, 0.29) is 11.1 Å². The average Bonchev–Trinajstić information content (AvgIpc) is 2.25. The minimum Gasteiger partial charge on any atom is -0.372 e. The first kappa shape index (κ1) is 10.4. The third-order valence-electron chi connectivity index (χ3n) is 4.08. The minimum atomic E-state index is 0.201. The Hall–Kier alpha value is -0.0800. The van der Waals surface area contributed by atoms with Crippen LogP contribution in [0.2, 0.25) is 0 Å². The van der Waals surface area contributed by atoms with Crippen molar-refractivity contribution in [1.82, 2.24) is 5.32 Å². The molecule has 1 atom stereocenters. The topological polar surface area (TPSA) is 21.3 Å². The second-order valence-corrected chi connectivity index (χ2v) is 5.30. The predicted molar refractivity (Wildman–Crippen MR) is 58.5 cm³/mol. The largest absolute Gasteiger partial charge is 0.372 e. The molecule has 14 heavy (non-hydrogen) atoms. The fourth-order valence-electron chi connectivity index (χ4n) is 2.53. The summed E-state index contributed by atoms with van der Waals surface area (Å²) >= 11 is 0. The second-order valence-electron chi connectivity index (χ2n) is 5.30. The molecular formula is C12H23NO. The van der Waals surface area contributed by atoms with E-state index >= 15 is 0 Å². The zero-order valence-corrected chi connectivity index (χ0v) is 9.57. The molecule has 2 nitrogen and oxygen atoms in total. The molecule has 2 fully saturated rings. The highest BCUT2D eigenvalue weighted by atomic mass is 16.5. The molecule has 1 aliphatic carbocycles. The van der Waals surface area contributed by atoms with Crippen LogP contribution in [0, 0.1) is 0 Å². The van der Waals surface area contributed by atoms with E-state index in [1.54, 1.807) is 0 Å². The number of hydrogen-bond donors (Lipinski definition) is 1. The van der Waals surface area contributed by atoms with Crippen molar-refractivity contribution in [3.05, 3.63) is 0 Å². The molecule has 2 rings (SSSR count). The maximum atomic E-state index is 6.15. The highest BCUT2D eigenvalue weighted by Crippen LogP contribution is 2.35. The number of ether oxygens (including phenoxy) is 1. The molecule has 0 bridgehead atoms. The van der Waals surface area contributed by atoms with Crippen LogP contribution < -0.4 is 5.32 Å². The highest BCUT2D eigenvalue weighted by Gasteiger charge is 2.40. The van der Waals surface area contributed by atoms with Gasteiger partial charge in [0.05, 0.1) is 12.2 Å². The van der Waals surface area contributed by atoms with Crippen LogP contribution >= 0.6 is 0 Å². The minimum absolute atomic E-state index is 0.201. The van der Waals surface area contributed by atoms with E-state index in [0.717, 1.165) is 19.6 Å². The van der Waals surface area contributed by atoms with Crippen molar-refractivity contribution in [2.24, 2.45) is 0 Å². The van der Waals surface area contributed by atoms with Gasteiger partial charge in [0.15, 0.2) is 0 Å². The Labute approximate surface area is 87.4 Å². The van der Waals surface area contributed by atoms with Gasteiger partial charge in [-0.25, -0.2) is 0 Å². The lowest BCUT2D eigenvalue weighted by molar-refractivity contribution is -0.123. The smallest absolute Gasteiger partial charge is 0.0807 e. The summed E-state index contributed by atoms with van der Waals surface area (Å²) in [5.41, 5.74) is 0.426. The zero-order valence-electron chi connectivity index (χ0n) is 9.57. The summed E-state index contributed by atoms with van der Waals surface area (Å²) in [7, 11) is 0. The lowest BCUT2D eigenvalue weighted by Crippen LogP contribution is -2.61. The van der Waals surface area contributed by atoms with Crippen molar-refractivity contribution in [1.29, 1.82) is 0 Å². The van der Waals surface area contributed by atoms with E-state index in [0.29, 0.717) is 0 Å². The standard InChI is InChI=1S/C12H23NO/c1-3-11(2)10-14-12(9-13-11)7-5-4-6-8-12/h13H,3-10H2,1-2H3. The molecule has 0 radical (unpaired) electrons. The van der Waals surface area contributed by atoms with Crippen molar-refractivity contribution in [3.8, 4) is 0 Å². The van der Waals surface area contributed by atoms with Gasteiger partial charge in [0.25, 0.3) is 0 Å². The maximum Gasteiger partial charge on any atom is 0.0807 e. The van der Waals surface area contributed by atoms with Crippen molar-refractivity contribution >= 4 is 0 Å². The van der Waals surface area contributed by atoms with Gasteiger partial charge in [0, 0.05) is 12.1 Å². The number of hydrogen-bond acceptors (Lipinski definition) is 2. The molecule has 1 unspecified atom stereocenters. The molecule has 0 aromatic carbocycles. The third-order valence-corrected chi connectivity index (χ3v) is 4.08. The normalized spacial score (nSPS) is 37.3. The molecule has 1 aliphatic heterocycles. The SMILES string of the molecule is CCC1(C)COC2(CCCCC2)CN1. The van der Waals surface area contributed by atoms with E-state index in [4.69, 9.17) is 4.74 Å². The van der Waals surface area contributed by atoms with Crippen LogP contribution in [0.4, 0.5) is 0 Å². The second kappa shape index (κ2) is 3.82. The molecule has 1 saturated carbocycles. The van der Waals surface area contributed by atoms with E-state index in [9.17, 15) is 0 Å². The molecule has 1 saturated heterocycles. The summed E-state index contributed by atoms with van der Waals surface area (Å²) in [5, 5.41) is 3.68. The molecule has 2 heteroatoms. The van der Waals surface area contributed by atoms with Gasteiger partial charge in [0.2, 0.25) is 0 Å². The van der Waals surface area contributed by atoms with E-state index in [2.05, 4.69) is 19.2 Å². The Morgan fingerprint density at radius 3 is 2.43 bits per heavy atom. The van der Waals surface area contributed by atoms with Crippen molar-refractivity contribution in [2.45, 2.75) is 63.5 Å². The highest BCUT2D eigenvalue weighted by molar-refractivity contribution is 4.96. The van der Waals surface area contributed by atoms with Crippen molar-refractivity contribution < 1.29 is 4.74 Å². The lowest BCUT2D eigenvalue weighted by atomic mass is 9.82. The molecule has 1 spiro atoms. The van der Waals surface area contributed by atoms with Gasteiger partial charge in [-0.15, -0.1) is 0 Å². The maximum absolute atomic E-state index is 6.15. The fourth-order valence-corrected chi connectivity index (χ4v) is 2.53. The Morgan fingerprint density at radius 2 is 1.93 bits per heavy atom. The first-order valence-electron chi connectivity index (χ1n) is 6.07. The molecule has 1 N–H and O–H groups in total. The van der Waals surface area contributed by atoms with Crippen molar-refractivity contribution in [3.63, 3.8) is 0 Å². The van der Waals surface area contributed by atoms with Crippen LogP contribution in [0.1, 0.15) is 52.4 Å². The summed E-state index contributed by atoms with van der Waals surface area (Å²) in [6, 6.07) is 0. The third kappa shape index (κ3) is 1.96. The molecule has 0 aromatic rings. The van der Waals surface area contributed by atoms with E-state index in [1.807, 2.05) is 0 Å². The first-order valence-corrected chi connectivity index (χ1v) is 6.07. The quantitative estimate of drug-likeness (QED) is 0.697. The molecule has 2 aliphatic rings. The molecule has 0 amide bonds. The zero-order chi connectivity index (χ0) is 10.1.